The van der Waals surface area contributed by atoms with E-state index in [0.717, 1.165) is 47.4 Å². The molecule has 0 saturated heterocycles. The second-order valence-electron chi connectivity index (χ2n) is 10.1. The van der Waals surface area contributed by atoms with Gasteiger partial charge in [0, 0.05) is 25.5 Å². The zero-order chi connectivity index (χ0) is 29.8. The lowest BCUT2D eigenvalue weighted by atomic mass is 9.84. The van der Waals surface area contributed by atoms with Crippen molar-refractivity contribution in [3.63, 3.8) is 0 Å². The van der Waals surface area contributed by atoms with Crippen LogP contribution in [0.2, 0.25) is 0 Å². The van der Waals surface area contributed by atoms with E-state index < -0.39 is 0 Å². The third-order valence-corrected chi connectivity index (χ3v) is 8.95. The molecule has 4 nitrogen and oxygen atoms in total. The van der Waals surface area contributed by atoms with Gasteiger partial charge in [-0.1, -0.05) is 78.1 Å². The van der Waals surface area contributed by atoms with Crippen LogP contribution in [0, 0.1) is 0 Å². The van der Waals surface area contributed by atoms with Crippen molar-refractivity contribution in [3.05, 3.63) is 156 Å². The van der Waals surface area contributed by atoms with E-state index in [-0.39, 0.29) is 28.9 Å². The van der Waals surface area contributed by atoms with Gasteiger partial charge in [-0.15, -0.1) is 0 Å². The zero-order valence-electron chi connectivity index (χ0n) is 23.0. The van der Waals surface area contributed by atoms with Crippen molar-refractivity contribution in [1.29, 1.82) is 0 Å². The molecular weight excluding hydrogens is 573 g/mol. The Kier molecular flexibility index (Phi) is 8.31. The number of hydrogen-bond donors (Lipinski definition) is 4. The van der Waals surface area contributed by atoms with E-state index >= 15 is 0 Å². The molecule has 0 heterocycles. The van der Waals surface area contributed by atoms with E-state index in [1.807, 2.05) is 42.5 Å². The number of benzene rings is 6. The fourth-order valence-corrected chi connectivity index (χ4v) is 6.88. The van der Waals surface area contributed by atoms with E-state index in [1.165, 1.54) is 23.5 Å². The molecule has 0 aliphatic heterocycles. The van der Waals surface area contributed by atoms with Gasteiger partial charge in [-0.2, -0.15) is 0 Å². The van der Waals surface area contributed by atoms with Gasteiger partial charge < -0.3 is 20.4 Å². The highest BCUT2D eigenvalue weighted by molar-refractivity contribution is 7.99. The SMILES string of the molecule is Oc1ccc(Sc2cc(O)cc(C(c3ccc(-c4ccccc4)cc3)c3cc(O)cc(Sc4ccc(O)cc4)c3)c2)cc1. The average molecular weight is 601 g/mol. The molecule has 4 N–H and O–H groups in total. The first kappa shape index (κ1) is 28.3. The van der Waals surface area contributed by atoms with Crippen LogP contribution in [0.1, 0.15) is 22.6 Å². The molecule has 0 amide bonds. The maximum Gasteiger partial charge on any atom is 0.117 e. The van der Waals surface area contributed by atoms with Crippen LogP contribution in [0.5, 0.6) is 23.0 Å². The summed E-state index contributed by atoms with van der Waals surface area (Å²) in [6, 6.07) is 43.6. The number of hydrogen-bond acceptors (Lipinski definition) is 6. The highest BCUT2D eigenvalue weighted by atomic mass is 32.2. The molecule has 0 aromatic heterocycles. The van der Waals surface area contributed by atoms with Crippen molar-refractivity contribution in [2.75, 3.05) is 0 Å². The minimum Gasteiger partial charge on any atom is -0.508 e. The third kappa shape index (κ3) is 7.00. The average Bonchev–Trinajstić information content (AvgIpc) is 3.00. The van der Waals surface area contributed by atoms with Gasteiger partial charge in [0.25, 0.3) is 0 Å². The Labute approximate surface area is 259 Å². The summed E-state index contributed by atoms with van der Waals surface area (Å²) in [5.74, 6) is 0.393. The smallest absolute Gasteiger partial charge is 0.117 e. The molecule has 0 spiro atoms. The van der Waals surface area contributed by atoms with Crippen LogP contribution in [0.15, 0.2) is 159 Å². The highest BCUT2D eigenvalue weighted by Gasteiger charge is 2.21. The van der Waals surface area contributed by atoms with Crippen molar-refractivity contribution in [2.45, 2.75) is 25.5 Å². The van der Waals surface area contributed by atoms with Gasteiger partial charge in [0.1, 0.15) is 23.0 Å². The topological polar surface area (TPSA) is 80.9 Å². The Bertz CT molecular complexity index is 1740. The van der Waals surface area contributed by atoms with Crippen molar-refractivity contribution < 1.29 is 20.4 Å². The fraction of sp³-hybridized carbons (Fsp3) is 0.0270. The molecule has 0 fully saturated rings. The Morgan fingerprint density at radius 3 is 1.26 bits per heavy atom. The Hall–Kier alpha value is -4.78. The molecule has 0 radical (unpaired) electrons. The molecule has 0 saturated carbocycles. The summed E-state index contributed by atoms with van der Waals surface area (Å²) in [5, 5.41) is 41.1. The summed E-state index contributed by atoms with van der Waals surface area (Å²) in [4.78, 5) is 3.57. The van der Waals surface area contributed by atoms with Crippen molar-refractivity contribution in [3.8, 4) is 34.1 Å². The molecule has 0 bridgehead atoms. The first-order valence-electron chi connectivity index (χ1n) is 13.7. The van der Waals surface area contributed by atoms with E-state index in [2.05, 4.69) is 48.5 Å². The van der Waals surface area contributed by atoms with Crippen LogP contribution in [-0.2, 0) is 0 Å². The fourth-order valence-electron chi connectivity index (χ4n) is 5.04. The predicted octanol–water partition coefficient (Wildman–Crippen LogP) is 9.66. The summed E-state index contributed by atoms with van der Waals surface area (Å²) >= 11 is 2.99. The molecule has 0 aliphatic rings. The molecule has 6 rings (SSSR count). The molecule has 212 valence electrons. The van der Waals surface area contributed by atoms with Crippen molar-refractivity contribution in [1.82, 2.24) is 0 Å². The quantitative estimate of drug-likeness (QED) is 0.130. The monoisotopic (exact) mass is 600 g/mol. The number of aromatic hydroxyl groups is 4. The maximum atomic E-state index is 10.9. The summed E-state index contributed by atoms with van der Waals surface area (Å²) in [6.45, 7) is 0. The van der Waals surface area contributed by atoms with Crippen molar-refractivity contribution in [2.24, 2.45) is 0 Å². The third-order valence-electron chi connectivity index (χ3n) is 6.99. The van der Waals surface area contributed by atoms with Gasteiger partial charge in [-0.05, 0) is 113 Å². The van der Waals surface area contributed by atoms with Crippen LogP contribution in [0.25, 0.3) is 11.1 Å². The predicted molar refractivity (Wildman–Crippen MR) is 173 cm³/mol. The summed E-state index contributed by atoms with van der Waals surface area (Å²) in [6.07, 6.45) is 0. The lowest BCUT2D eigenvalue weighted by molar-refractivity contribution is 0.471. The van der Waals surface area contributed by atoms with Crippen LogP contribution in [-0.4, -0.2) is 20.4 Å². The van der Waals surface area contributed by atoms with Gasteiger partial charge >= 0.3 is 0 Å². The molecule has 0 unspecified atom stereocenters. The Morgan fingerprint density at radius 2 is 0.791 bits per heavy atom. The Morgan fingerprint density at radius 1 is 0.349 bits per heavy atom. The molecule has 6 heteroatoms. The first-order valence-corrected chi connectivity index (χ1v) is 15.3. The number of rotatable bonds is 8. The molecule has 43 heavy (non-hydrogen) atoms. The standard InChI is InChI=1S/C37H28O4S2/c38-29-10-14-33(15-11-29)42-35-20-27(18-31(40)22-35)37(26-8-6-25(7-9-26)24-4-2-1-3-5-24)28-19-32(41)23-36(21-28)43-34-16-12-30(39)13-17-34/h1-23,37-41H. The minimum absolute atomic E-state index is 0.142. The second-order valence-corrected chi connectivity index (χ2v) is 12.4. The summed E-state index contributed by atoms with van der Waals surface area (Å²) < 4.78 is 0. The van der Waals surface area contributed by atoms with Crippen LogP contribution in [0.4, 0.5) is 0 Å². The summed E-state index contributed by atoms with van der Waals surface area (Å²) in [7, 11) is 0. The lowest BCUT2D eigenvalue weighted by Crippen LogP contribution is -2.04. The number of phenols is 4. The molecule has 0 atom stereocenters. The Balaban J connectivity index is 1.43. The van der Waals surface area contributed by atoms with Crippen LogP contribution < -0.4 is 0 Å². The van der Waals surface area contributed by atoms with Crippen molar-refractivity contribution >= 4 is 23.5 Å². The second kappa shape index (κ2) is 12.6. The first-order chi connectivity index (χ1) is 20.9. The number of phenolic OH excluding ortho intramolecular Hbond substituents is 4. The van der Waals surface area contributed by atoms with Gasteiger partial charge in [0.05, 0.1) is 0 Å². The van der Waals surface area contributed by atoms with E-state index in [0.29, 0.717) is 0 Å². The van der Waals surface area contributed by atoms with Gasteiger partial charge in [-0.25, -0.2) is 0 Å². The molecule has 0 aliphatic carbocycles. The molecular formula is C37H28O4S2. The van der Waals surface area contributed by atoms with Crippen LogP contribution in [0.3, 0.4) is 0 Å². The zero-order valence-corrected chi connectivity index (χ0v) is 24.6. The van der Waals surface area contributed by atoms with E-state index in [4.69, 9.17) is 0 Å². The van der Waals surface area contributed by atoms with Gasteiger partial charge in [0.15, 0.2) is 0 Å². The molecule has 6 aromatic carbocycles. The van der Waals surface area contributed by atoms with Crippen LogP contribution >= 0.6 is 23.5 Å². The normalized spacial score (nSPS) is 11.1. The van der Waals surface area contributed by atoms with E-state index in [1.54, 1.807) is 48.5 Å². The van der Waals surface area contributed by atoms with Gasteiger partial charge in [0.2, 0.25) is 0 Å². The summed E-state index contributed by atoms with van der Waals surface area (Å²) in [5.41, 5.74) is 4.99. The highest BCUT2D eigenvalue weighted by Crippen LogP contribution is 2.41. The molecule has 6 aromatic rings. The lowest BCUT2D eigenvalue weighted by Gasteiger charge is -2.21. The maximum absolute atomic E-state index is 10.9. The van der Waals surface area contributed by atoms with E-state index in [9.17, 15) is 20.4 Å². The largest absolute Gasteiger partial charge is 0.508 e. The van der Waals surface area contributed by atoms with Gasteiger partial charge in [-0.3, -0.25) is 0 Å². The minimum atomic E-state index is -0.289.